The van der Waals surface area contributed by atoms with Gasteiger partial charge in [-0.3, -0.25) is 4.79 Å². The van der Waals surface area contributed by atoms with Crippen LogP contribution in [0.2, 0.25) is 0 Å². The number of likely N-dealkylation sites (N-methyl/N-ethyl adjacent to an activating group) is 1. The molecule has 0 heterocycles. The summed E-state index contributed by atoms with van der Waals surface area (Å²) in [5, 5.41) is 17.3. The molecular formula is C9H18N2O5. The molecule has 16 heavy (non-hydrogen) atoms. The van der Waals surface area contributed by atoms with Gasteiger partial charge in [0.05, 0.1) is 13.2 Å². The standard InChI is InChI=1S/C9H18N2O5/c1-10(3-5-12)9(15)11(4-6-16-2)7-8(13)14/h12H,3-7H2,1-2H3,(H,13,14). The maximum Gasteiger partial charge on any atom is 0.323 e. The van der Waals surface area contributed by atoms with Crippen LogP contribution in [0.3, 0.4) is 0 Å². The highest BCUT2D eigenvalue weighted by Gasteiger charge is 2.19. The van der Waals surface area contributed by atoms with Gasteiger partial charge in [0.15, 0.2) is 0 Å². The van der Waals surface area contributed by atoms with Gasteiger partial charge in [0.25, 0.3) is 0 Å². The van der Waals surface area contributed by atoms with Crippen molar-refractivity contribution in [1.82, 2.24) is 9.80 Å². The maximum absolute atomic E-state index is 11.7. The van der Waals surface area contributed by atoms with Crippen LogP contribution in [0.25, 0.3) is 0 Å². The first-order chi connectivity index (χ1) is 7.52. The van der Waals surface area contributed by atoms with Crippen molar-refractivity contribution in [3.63, 3.8) is 0 Å². The highest BCUT2D eigenvalue weighted by Crippen LogP contribution is 1.97. The second-order valence-corrected chi connectivity index (χ2v) is 3.24. The number of hydrogen-bond acceptors (Lipinski definition) is 4. The largest absolute Gasteiger partial charge is 0.480 e. The Balaban J connectivity index is 4.35. The van der Waals surface area contributed by atoms with Crippen LogP contribution in [-0.4, -0.2) is 79.0 Å². The molecule has 0 aliphatic carbocycles. The summed E-state index contributed by atoms with van der Waals surface area (Å²) in [5.74, 6) is -1.08. The Morgan fingerprint density at radius 2 is 1.94 bits per heavy atom. The Hall–Kier alpha value is -1.34. The molecule has 7 nitrogen and oxygen atoms in total. The molecule has 0 radical (unpaired) electrons. The smallest absolute Gasteiger partial charge is 0.323 e. The molecule has 0 aliphatic heterocycles. The molecule has 0 atom stereocenters. The van der Waals surface area contributed by atoms with Crippen LogP contribution in [0.1, 0.15) is 0 Å². The zero-order valence-electron chi connectivity index (χ0n) is 9.55. The maximum atomic E-state index is 11.7. The number of methoxy groups -OCH3 is 1. The molecule has 0 fully saturated rings. The van der Waals surface area contributed by atoms with Crippen LogP contribution in [0.4, 0.5) is 4.79 Å². The first kappa shape index (κ1) is 14.7. The number of amides is 2. The summed E-state index contributed by atoms with van der Waals surface area (Å²) in [6.45, 7) is 0.108. The van der Waals surface area contributed by atoms with Gasteiger partial charge in [-0.15, -0.1) is 0 Å². The molecule has 0 bridgehead atoms. The van der Waals surface area contributed by atoms with Crippen LogP contribution in [0.5, 0.6) is 0 Å². The fraction of sp³-hybridized carbons (Fsp3) is 0.778. The lowest BCUT2D eigenvalue weighted by Gasteiger charge is -2.26. The topological polar surface area (TPSA) is 90.3 Å². The summed E-state index contributed by atoms with van der Waals surface area (Å²) in [6.07, 6.45) is 0. The van der Waals surface area contributed by atoms with Gasteiger partial charge >= 0.3 is 12.0 Å². The fourth-order valence-corrected chi connectivity index (χ4v) is 1.09. The summed E-state index contributed by atoms with van der Waals surface area (Å²) in [5.41, 5.74) is 0. The summed E-state index contributed by atoms with van der Waals surface area (Å²) in [7, 11) is 2.97. The third-order valence-corrected chi connectivity index (χ3v) is 1.92. The van der Waals surface area contributed by atoms with E-state index in [1.54, 1.807) is 0 Å². The van der Waals surface area contributed by atoms with Crippen LogP contribution < -0.4 is 0 Å². The zero-order valence-corrected chi connectivity index (χ0v) is 9.55. The summed E-state index contributed by atoms with van der Waals surface area (Å²) in [4.78, 5) is 24.7. The number of nitrogens with zero attached hydrogens (tertiary/aromatic N) is 2. The first-order valence-electron chi connectivity index (χ1n) is 4.84. The highest BCUT2D eigenvalue weighted by atomic mass is 16.5. The summed E-state index contributed by atoms with van der Waals surface area (Å²) in [6, 6.07) is -0.437. The Kier molecular flexibility index (Phi) is 7.23. The van der Waals surface area contributed by atoms with E-state index in [1.165, 1.54) is 19.1 Å². The van der Waals surface area contributed by atoms with Crippen LogP contribution >= 0.6 is 0 Å². The van der Waals surface area contributed by atoms with E-state index in [1.807, 2.05) is 0 Å². The second kappa shape index (κ2) is 7.89. The molecule has 2 N–H and O–H groups in total. The number of hydrogen-bond donors (Lipinski definition) is 2. The number of carboxylic acids is 1. The Labute approximate surface area is 94.2 Å². The van der Waals surface area contributed by atoms with E-state index in [9.17, 15) is 9.59 Å². The number of aliphatic carboxylic acids is 1. The molecule has 2 amide bonds. The molecule has 0 aromatic rings. The molecule has 0 aromatic heterocycles. The van der Waals surface area contributed by atoms with E-state index in [-0.39, 0.29) is 32.8 Å². The molecule has 0 saturated heterocycles. The molecule has 0 spiro atoms. The molecular weight excluding hydrogens is 216 g/mol. The monoisotopic (exact) mass is 234 g/mol. The van der Waals surface area contributed by atoms with Crippen LogP contribution in [0, 0.1) is 0 Å². The first-order valence-corrected chi connectivity index (χ1v) is 4.84. The van der Waals surface area contributed by atoms with Gasteiger partial charge in [0, 0.05) is 27.2 Å². The van der Waals surface area contributed by atoms with Gasteiger partial charge in [0.2, 0.25) is 0 Å². The number of rotatable bonds is 7. The van der Waals surface area contributed by atoms with Crippen molar-refractivity contribution >= 4 is 12.0 Å². The fourth-order valence-electron chi connectivity index (χ4n) is 1.09. The van der Waals surface area contributed by atoms with E-state index in [0.717, 1.165) is 4.90 Å². The lowest BCUT2D eigenvalue weighted by atomic mass is 10.4. The molecule has 7 heteroatoms. The Bertz CT molecular complexity index is 234. The van der Waals surface area contributed by atoms with E-state index in [0.29, 0.717) is 0 Å². The second-order valence-electron chi connectivity index (χ2n) is 3.24. The minimum absolute atomic E-state index is 0.159. The average Bonchev–Trinajstić information content (AvgIpc) is 2.23. The zero-order chi connectivity index (χ0) is 12.6. The predicted octanol–water partition coefficient (Wildman–Crippen LogP) is -0.936. The van der Waals surface area contributed by atoms with E-state index in [4.69, 9.17) is 14.9 Å². The van der Waals surface area contributed by atoms with Crippen molar-refractivity contribution in [2.45, 2.75) is 0 Å². The van der Waals surface area contributed by atoms with Crippen molar-refractivity contribution in [2.24, 2.45) is 0 Å². The summed E-state index contributed by atoms with van der Waals surface area (Å²) >= 11 is 0. The van der Waals surface area contributed by atoms with Gasteiger partial charge < -0.3 is 24.7 Å². The number of aliphatic hydroxyl groups is 1. The summed E-state index contributed by atoms with van der Waals surface area (Å²) < 4.78 is 4.79. The predicted molar refractivity (Wildman–Crippen MR) is 56.2 cm³/mol. The van der Waals surface area contributed by atoms with Gasteiger partial charge in [-0.2, -0.15) is 0 Å². The van der Waals surface area contributed by atoms with Crippen LogP contribution in [0.15, 0.2) is 0 Å². The van der Waals surface area contributed by atoms with Gasteiger partial charge in [-0.25, -0.2) is 4.79 Å². The lowest BCUT2D eigenvalue weighted by Crippen LogP contribution is -2.45. The number of urea groups is 1. The third kappa shape index (κ3) is 5.52. The molecule has 0 unspecified atom stereocenters. The van der Waals surface area contributed by atoms with Crippen molar-refractivity contribution in [1.29, 1.82) is 0 Å². The van der Waals surface area contributed by atoms with Crippen molar-refractivity contribution in [2.75, 3.05) is 47.0 Å². The molecule has 0 aromatic carbocycles. The van der Waals surface area contributed by atoms with Gasteiger partial charge in [-0.1, -0.05) is 0 Å². The van der Waals surface area contributed by atoms with E-state index in [2.05, 4.69) is 0 Å². The highest BCUT2D eigenvalue weighted by molar-refractivity contribution is 5.80. The number of carbonyl (C=O) groups is 2. The molecule has 0 aliphatic rings. The van der Waals surface area contributed by atoms with Crippen molar-refractivity contribution < 1.29 is 24.5 Å². The van der Waals surface area contributed by atoms with Crippen LogP contribution in [-0.2, 0) is 9.53 Å². The molecule has 0 rings (SSSR count). The number of ether oxygens (including phenoxy) is 1. The van der Waals surface area contributed by atoms with Crippen molar-refractivity contribution in [3.8, 4) is 0 Å². The number of carboxylic acid groups (broad SMARTS) is 1. The Morgan fingerprint density at radius 1 is 1.31 bits per heavy atom. The molecule has 0 saturated carbocycles. The minimum atomic E-state index is -1.08. The quantitative estimate of drug-likeness (QED) is 0.593. The SMILES string of the molecule is COCCN(CC(=O)O)C(=O)N(C)CCO. The lowest BCUT2D eigenvalue weighted by molar-refractivity contribution is -0.137. The molecule has 94 valence electrons. The number of aliphatic hydroxyl groups excluding tert-OH is 1. The number of carbonyl (C=O) groups excluding carboxylic acids is 1. The Morgan fingerprint density at radius 3 is 2.38 bits per heavy atom. The minimum Gasteiger partial charge on any atom is -0.480 e. The normalized spacial score (nSPS) is 9.94. The van der Waals surface area contributed by atoms with Crippen molar-refractivity contribution in [3.05, 3.63) is 0 Å². The van der Waals surface area contributed by atoms with E-state index < -0.39 is 12.0 Å². The van der Waals surface area contributed by atoms with Gasteiger partial charge in [0.1, 0.15) is 6.54 Å². The average molecular weight is 234 g/mol. The van der Waals surface area contributed by atoms with E-state index >= 15 is 0 Å². The van der Waals surface area contributed by atoms with Gasteiger partial charge in [-0.05, 0) is 0 Å². The third-order valence-electron chi connectivity index (χ3n) is 1.92.